The minimum atomic E-state index is -0.941. The number of rotatable bonds is 5. The Bertz CT molecular complexity index is 829. The molecular weight excluding hydrogens is 365 g/mol. The summed E-state index contributed by atoms with van der Waals surface area (Å²) in [4.78, 5) is 23.8. The average Bonchev–Trinajstić information content (AvgIpc) is 2.65. The van der Waals surface area contributed by atoms with Crippen molar-refractivity contribution >= 4 is 23.5 Å². The third-order valence-electron chi connectivity index (χ3n) is 3.61. The molecule has 0 saturated carbocycles. The van der Waals surface area contributed by atoms with Crippen LogP contribution in [0.3, 0.4) is 0 Å². The third-order valence-corrected chi connectivity index (χ3v) is 3.96. The smallest absolute Gasteiger partial charge is 0.351 e. The molecule has 6 nitrogen and oxygen atoms in total. The molecule has 0 unspecified atom stereocenters. The van der Waals surface area contributed by atoms with Gasteiger partial charge in [0, 0.05) is 11.6 Å². The molecule has 0 fully saturated rings. The summed E-state index contributed by atoms with van der Waals surface area (Å²) in [6, 6.07) is 10.8. The van der Waals surface area contributed by atoms with Crippen molar-refractivity contribution in [2.24, 2.45) is 0 Å². The number of carbonyl (C=O) groups is 2. The van der Waals surface area contributed by atoms with E-state index in [9.17, 15) is 14.0 Å². The first-order chi connectivity index (χ1) is 12.5. The fraction of sp³-hybridized carbons (Fsp3) is 0.222. The third kappa shape index (κ3) is 4.43. The number of fused-ring (bicyclic) bond motifs is 1. The zero-order valence-corrected chi connectivity index (χ0v) is 14.3. The molecule has 1 amide bonds. The molecule has 8 heteroatoms. The maximum Gasteiger partial charge on any atom is 0.351 e. The molecule has 3 rings (SSSR count). The number of halogens is 2. The van der Waals surface area contributed by atoms with Gasteiger partial charge in [0.05, 0.1) is 0 Å². The lowest BCUT2D eigenvalue weighted by atomic mass is 10.2. The van der Waals surface area contributed by atoms with Crippen LogP contribution < -0.4 is 14.8 Å². The van der Waals surface area contributed by atoms with Crippen molar-refractivity contribution in [1.82, 2.24) is 5.32 Å². The number of para-hydroxylation sites is 2. The SMILES string of the molecule is O=C(COC(=O)[C@@H]1COc2ccccc2O1)NCc1ccc(F)cc1Cl. The lowest BCUT2D eigenvalue weighted by Gasteiger charge is -2.24. The standard InChI is InChI=1S/C18H15ClFNO5/c19-13-7-12(20)6-5-11(13)8-21-17(22)10-25-18(23)16-9-24-14-3-1-2-4-15(14)26-16/h1-7,16H,8-10H2,(H,21,22)/t16-/m0/s1. The van der Waals surface area contributed by atoms with Crippen LogP contribution in [0.1, 0.15) is 5.56 Å². The van der Waals surface area contributed by atoms with Crippen molar-refractivity contribution < 1.29 is 28.2 Å². The van der Waals surface area contributed by atoms with E-state index in [1.165, 1.54) is 12.1 Å². The van der Waals surface area contributed by atoms with E-state index in [4.69, 9.17) is 25.8 Å². The summed E-state index contributed by atoms with van der Waals surface area (Å²) in [7, 11) is 0. The van der Waals surface area contributed by atoms with Crippen LogP contribution in [0.4, 0.5) is 4.39 Å². The van der Waals surface area contributed by atoms with Crippen molar-refractivity contribution in [3.05, 3.63) is 58.9 Å². The highest BCUT2D eigenvalue weighted by atomic mass is 35.5. The predicted molar refractivity (Wildman–Crippen MR) is 90.6 cm³/mol. The largest absolute Gasteiger partial charge is 0.485 e. The van der Waals surface area contributed by atoms with Crippen LogP contribution in [0.25, 0.3) is 0 Å². The number of hydrogen-bond donors (Lipinski definition) is 1. The molecule has 136 valence electrons. The Hall–Kier alpha value is -2.80. The Morgan fingerprint density at radius 1 is 1.23 bits per heavy atom. The Balaban J connectivity index is 1.45. The molecule has 1 aliphatic rings. The van der Waals surface area contributed by atoms with Crippen LogP contribution in [0.15, 0.2) is 42.5 Å². The molecule has 1 aliphatic heterocycles. The average molecular weight is 380 g/mol. The highest BCUT2D eigenvalue weighted by Crippen LogP contribution is 2.31. The summed E-state index contributed by atoms with van der Waals surface area (Å²) in [5.74, 6) is -0.692. The Morgan fingerprint density at radius 3 is 2.77 bits per heavy atom. The van der Waals surface area contributed by atoms with E-state index in [1.54, 1.807) is 24.3 Å². The number of benzene rings is 2. The summed E-state index contributed by atoms with van der Waals surface area (Å²) >= 11 is 5.88. The molecule has 0 bridgehead atoms. The van der Waals surface area contributed by atoms with Crippen LogP contribution in [-0.2, 0) is 20.9 Å². The molecule has 1 heterocycles. The zero-order chi connectivity index (χ0) is 18.5. The summed E-state index contributed by atoms with van der Waals surface area (Å²) in [5.41, 5.74) is 0.549. The van der Waals surface area contributed by atoms with Gasteiger partial charge < -0.3 is 19.5 Å². The van der Waals surface area contributed by atoms with Crippen molar-refractivity contribution in [3.8, 4) is 11.5 Å². The molecule has 0 aliphatic carbocycles. The molecule has 0 aromatic heterocycles. The van der Waals surface area contributed by atoms with Gasteiger partial charge in [-0.15, -0.1) is 0 Å². The van der Waals surface area contributed by atoms with Crippen molar-refractivity contribution in [2.75, 3.05) is 13.2 Å². The van der Waals surface area contributed by atoms with E-state index in [0.717, 1.165) is 6.07 Å². The molecule has 1 N–H and O–H groups in total. The molecular formula is C18H15ClFNO5. The van der Waals surface area contributed by atoms with E-state index in [2.05, 4.69) is 5.32 Å². The van der Waals surface area contributed by atoms with Crippen molar-refractivity contribution in [2.45, 2.75) is 12.6 Å². The van der Waals surface area contributed by atoms with Crippen LogP contribution in [0, 0.1) is 5.82 Å². The number of carbonyl (C=O) groups excluding carboxylic acids is 2. The van der Waals surface area contributed by atoms with Gasteiger partial charge in [0.1, 0.15) is 12.4 Å². The van der Waals surface area contributed by atoms with Crippen LogP contribution in [-0.4, -0.2) is 31.2 Å². The minimum Gasteiger partial charge on any atom is -0.485 e. The molecule has 0 radical (unpaired) electrons. The van der Waals surface area contributed by atoms with Gasteiger partial charge in [-0.25, -0.2) is 9.18 Å². The lowest BCUT2D eigenvalue weighted by molar-refractivity contribution is -0.157. The Morgan fingerprint density at radius 2 is 2.00 bits per heavy atom. The number of esters is 1. The van der Waals surface area contributed by atoms with E-state index < -0.39 is 30.4 Å². The summed E-state index contributed by atoms with van der Waals surface area (Å²) < 4.78 is 28.8. The second-order valence-electron chi connectivity index (χ2n) is 5.48. The molecule has 0 saturated heterocycles. The van der Waals surface area contributed by atoms with E-state index in [1.807, 2.05) is 0 Å². The predicted octanol–water partition coefficient (Wildman–Crippen LogP) is 2.48. The van der Waals surface area contributed by atoms with Gasteiger partial charge in [-0.1, -0.05) is 29.8 Å². The van der Waals surface area contributed by atoms with Gasteiger partial charge in [-0.2, -0.15) is 0 Å². The second kappa shape index (κ2) is 8.05. The van der Waals surface area contributed by atoms with Gasteiger partial charge in [0.25, 0.3) is 5.91 Å². The van der Waals surface area contributed by atoms with Crippen LogP contribution in [0.2, 0.25) is 5.02 Å². The van der Waals surface area contributed by atoms with Crippen LogP contribution >= 0.6 is 11.6 Å². The van der Waals surface area contributed by atoms with Gasteiger partial charge >= 0.3 is 5.97 Å². The minimum absolute atomic E-state index is 0.00263. The molecule has 26 heavy (non-hydrogen) atoms. The number of amides is 1. The van der Waals surface area contributed by atoms with Crippen molar-refractivity contribution in [1.29, 1.82) is 0 Å². The topological polar surface area (TPSA) is 73.9 Å². The van der Waals surface area contributed by atoms with E-state index >= 15 is 0 Å². The molecule has 2 aromatic rings. The fourth-order valence-electron chi connectivity index (χ4n) is 2.28. The fourth-order valence-corrected chi connectivity index (χ4v) is 2.51. The quantitative estimate of drug-likeness (QED) is 0.808. The van der Waals surface area contributed by atoms with Gasteiger partial charge in [0.2, 0.25) is 6.10 Å². The summed E-state index contributed by atoms with van der Waals surface area (Å²) in [6.45, 7) is -0.381. The highest BCUT2D eigenvalue weighted by Gasteiger charge is 2.29. The first-order valence-electron chi connectivity index (χ1n) is 7.78. The summed E-state index contributed by atoms with van der Waals surface area (Å²) in [6.07, 6.45) is -0.941. The molecule has 2 aromatic carbocycles. The normalized spacial score (nSPS) is 15.2. The Kier molecular flexibility index (Phi) is 5.58. The van der Waals surface area contributed by atoms with Gasteiger partial charge in [-0.05, 0) is 29.8 Å². The monoisotopic (exact) mass is 379 g/mol. The first kappa shape index (κ1) is 18.0. The maximum atomic E-state index is 13.0. The van der Waals surface area contributed by atoms with Gasteiger partial charge in [-0.3, -0.25) is 4.79 Å². The van der Waals surface area contributed by atoms with E-state index in [0.29, 0.717) is 17.1 Å². The van der Waals surface area contributed by atoms with Gasteiger partial charge in [0.15, 0.2) is 18.1 Å². The molecule has 0 spiro atoms. The van der Waals surface area contributed by atoms with Crippen molar-refractivity contribution in [3.63, 3.8) is 0 Å². The first-order valence-corrected chi connectivity index (χ1v) is 8.16. The number of nitrogens with one attached hydrogen (secondary N) is 1. The van der Waals surface area contributed by atoms with E-state index in [-0.39, 0.29) is 18.2 Å². The second-order valence-corrected chi connectivity index (χ2v) is 5.89. The summed E-state index contributed by atoms with van der Waals surface area (Å²) in [5, 5.41) is 2.74. The maximum absolute atomic E-state index is 13.0. The lowest BCUT2D eigenvalue weighted by Crippen LogP contribution is -2.39. The Labute approximate surface area is 153 Å². The highest BCUT2D eigenvalue weighted by molar-refractivity contribution is 6.31. The number of hydrogen-bond acceptors (Lipinski definition) is 5. The van der Waals surface area contributed by atoms with Crippen LogP contribution in [0.5, 0.6) is 11.5 Å². The number of ether oxygens (including phenoxy) is 3. The zero-order valence-electron chi connectivity index (χ0n) is 13.5. The molecule has 1 atom stereocenters.